The Bertz CT molecular complexity index is 3460. The second kappa shape index (κ2) is 14.0. The third kappa shape index (κ3) is 5.62. The summed E-state index contributed by atoms with van der Waals surface area (Å²) in [5, 5.41) is 2.35. The van der Waals surface area contributed by atoms with Crippen LogP contribution in [0.3, 0.4) is 0 Å². The fraction of sp³-hybridized carbons (Fsp3) is 0.0526. The van der Waals surface area contributed by atoms with Crippen molar-refractivity contribution in [2.24, 2.45) is 0 Å². The number of nitrogens with zero attached hydrogens (tertiary/aromatic N) is 4. The highest BCUT2D eigenvalue weighted by Crippen LogP contribution is 2.51. The summed E-state index contributed by atoms with van der Waals surface area (Å²) in [5.41, 5.74) is 17.4. The molecule has 8 aromatic carbocycles. The van der Waals surface area contributed by atoms with E-state index in [1.807, 2.05) is 12.3 Å². The van der Waals surface area contributed by atoms with Crippen molar-refractivity contribution in [3.63, 3.8) is 0 Å². The van der Waals surface area contributed by atoms with Crippen molar-refractivity contribution in [1.29, 1.82) is 0 Å². The van der Waals surface area contributed by atoms with E-state index in [-0.39, 0.29) is 5.41 Å². The Balaban J connectivity index is 1.11. The number of pyridine rings is 1. The maximum absolute atomic E-state index is 5.74. The summed E-state index contributed by atoms with van der Waals surface area (Å²) < 4.78 is 2.35. The Labute approximate surface area is 360 Å². The molecule has 294 valence electrons. The topological polar surface area (TPSA) is 49.7 Å². The van der Waals surface area contributed by atoms with Gasteiger partial charge in [-0.2, -0.15) is 0 Å². The number of H-pyrrole nitrogens is 1. The van der Waals surface area contributed by atoms with Crippen LogP contribution in [0, 0.1) is 0 Å². The minimum absolute atomic E-state index is 0.199. The molecular weight excluding hydrogens is 755 g/mol. The second-order valence-electron chi connectivity index (χ2n) is 16.7. The van der Waals surface area contributed by atoms with E-state index in [2.05, 4.69) is 222 Å². The molecule has 0 saturated heterocycles. The average Bonchev–Trinajstić information content (AvgIpc) is 3.91. The van der Waals surface area contributed by atoms with Crippen LogP contribution in [0.1, 0.15) is 25.0 Å². The average molecular weight is 796 g/mol. The van der Waals surface area contributed by atoms with Crippen LogP contribution in [0.15, 0.2) is 206 Å². The smallest absolute Gasteiger partial charge is 0.147 e. The highest BCUT2D eigenvalue weighted by Gasteiger charge is 2.37. The molecule has 0 unspecified atom stereocenters. The molecule has 5 heteroatoms. The van der Waals surface area contributed by atoms with Crippen LogP contribution in [0.2, 0.25) is 0 Å². The number of para-hydroxylation sites is 3. The molecule has 0 radical (unpaired) electrons. The second-order valence-corrected chi connectivity index (χ2v) is 16.7. The van der Waals surface area contributed by atoms with Crippen molar-refractivity contribution in [2.75, 3.05) is 4.90 Å². The van der Waals surface area contributed by atoms with E-state index in [0.29, 0.717) is 0 Å². The normalized spacial score (nSPS) is 13.1. The number of benzene rings is 8. The third-order valence-corrected chi connectivity index (χ3v) is 12.8. The maximum atomic E-state index is 5.74. The molecule has 0 amide bonds. The van der Waals surface area contributed by atoms with Crippen LogP contribution >= 0.6 is 0 Å². The highest BCUT2D eigenvalue weighted by molar-refractivity contribution is 6.13. The molecule has 0 spiro atoms. The van der Waals surface area contributed by atoms with E-state index in [1.165, 1.54) is 27.5 Å². The number of rotatable bonds is 6. The van der Waals surface area contributed by atoms with Gasteiger partial charge < -0.3 is 4.98 Å². The molecule has 12 rings (SSSR count). The first-order valence-electron chi connectivity index (χ1n) is 21.2. The van der Waals surface area contributed by atoms with Crippen molar-refractivity contribution in [2.45, 2.75) is 19.3 Å². The first-order valence-corrected chi connectivity index (χ1v) is 21.2. The summed E-state index contributed by atoms with van der Waals surface area (Å²) >= 11 is 0. The van der Waals surface area contributed by atoms with Gasteiger partial charge >= 0.3 is 0 Å². The van der Waals surface area contributed by atoms with Crippen LogP contribution in [0.25, 0.3) is 83.3 Å². The van der Waals surface area contributed by atoms with Crippen molar-refractivity contribution in [3.8, 4) is 50.5 Å². The fourth-order valence-corrected chi connectivity index (χ4v) is 9.75. The lowest BCUT2D eigenvalue weighted by molar-refractivity contribution is 0.627. The summed E-state index contributed by atoms with van der Waals surface area (Å²) in [6.07, 6.45) is 1.90. The first kappa shape index (κ1) is 35.9. The molecule has 1 aliphatic heterocycles. The van der Waals surface area contributed by atoms with Crippen LogP contribution in [0.5, 0.6) is 0 Å². The van der Waals surface area contributed by atoms with Crippen LogP contribution in [-0.4, -0.2) is 19.5 Å². The summed E-state index contributed by atoms with van der Waals surface area (Å²) in [6, 6.07) is 71.7. The molecule has 62 heavy (non-hydrogen) atoms. The molecule has 1 aliphatic rings. The van der Waals surface area contributed by atoms with E-state index in [0.717, 1.165) is 84.2 Å². The van der Waals surface area contributed by atoms with Crippen LogP contribution in [-0.2, 0) is 5.41 Å². The Kier molecular flexibility index (Phi) is 8.12. The zero-order valence-corrected chi connectivity index (χ0v) is 34.4. The molecule has 0 atom stereocenters. The van der Waals surface area contributed by atoms with Crippen molar-refractivity contribution in [3.05, 3.63) is 218 Å². The molecule has 0 aliphatic carbocycles. The van der Waals surface area contributed by atoms with E-state index in [4.69, 9.17) is 9.97 Å². The lowest BCUT2D eigenvalue weighted by atomic mass is 9.74. The third-order valence-electron chi connectivity index (χ3n) is 12.8. The van der Waals surface area contributed by atoms with Gasteiger partial charge in [-0.15, -0.1) is 0 Å². The number of nitrogens with one attached hydrogen (secondary N) is 1. The van der Waals surface area contributed by atoms with Gasteiger partial charge in [-0.05, 0) is 94.0 Å². The van der Waals surface area contributed by atoms with Gasteiger partial charge in [-0.3, -0.25) is 9.47 Å². The molecule has 3 aromatic heterocycles. The number of imidazole rings is 1. The van der Waals surface area contributed by atoms with Crippen LogP contribution in [0.4, 0.5) is 17.2 Å². The van der Waals surface area contributed by atoms with Crippen molar-refractivity contribution >= 4 is 50.0 Å². The zero-order valence-electron chi connectivity index (χ0n) is 34.4. The molecule has 4 heterocycles. The summed E-state index contributed by atoms with van der Waals surface area (Å²) in [7, 11) is 0. The number of hydrogen-bond donors (Lipinski definition) is 1. The Morgan fingerprint density at radius 2 is 1.15 bits per heavy atom. The van der Waals surface area contributed by atoms with Gasteiger partial charge in [0.2, 0.25) is 0 Å². The molecule has 11 aromatic rings. The monoisotopic (exact) mass is 795 g/mol. The predicted molar refractivity (Wildman–Crippen MR) is 257 cm³/mol. The van der Waals surface area contributed by atoms with Crippen LogP contribution < -0.4 is 4.90 Å². The SMILES string of the molecule is CC1(C)c2ccccc2N(c2cccc(-c3cccc4c3nc(-c3cc(-c5ccccc5)cc5c3[nH]c3ccccc35)n4-c3cccc(-c4ccccc4)c3)c2)c2ncccc21. The first-order chi connectivity index (χ1) is 30.5. The summed E-state index contributed by atoms with van der Waals surface area (Å²) in [6.45, 7) is 4.59. The minimum Gasteiger partial charge on any atom is -0.354 e. The molecule has 0 fully saturated rings. The van der Waals surface area contributed by atoms with Gasteiger partial charge in [0, 0.05) is 56.0 Å². The number of aromatic nitrogens is 4. The predicted octanol–water partition coefficient (Wildman–Crippen LogP) is 14.8. The lowest BCUT2D eigenvalue weighted by Crippen LogP contribution is -2.31. The van der Waals surface area contributed by atoms with Gasteiger partial charge in [-0.1, -0.05) is 153 Å². The van der Waals surface area contributed by atoms with Crippen molar-refractivity contribution < 1.29 is 0 Å². The fourth-order valence-electron chi connectivity index (χ4n) is 9.75. The van der Waals surface area contributed by atoms with E-state index in [9.17, 15) is 0 Å². The molecule has 5 nitrogen and oxygen atoms in total. The number of hydrogen-bond acceptors (Lipinski definition) is 3. The largest absolute Gasteiger partial charge is 0.354 e. The number of fused-ring (bicyclic) bond motifs is 6. The highest BCUT2D eigenvalue weighted by atomic mass is 15.2. The standard InChI is InChI=1S/C57H41N5/c1-57(2)48-27-10-12-30-51(48)61(56-49(57)28-16-32-58-56)43-24-14-22-40(34-43)44-26-15-31-52-54(44)60-55(62(52)42-23-13-21-39(33-42)37-17-5-3-6-18-37)47-36-41(38-19-7-4-8-20-38)35-46-45-25-9-11-29-50(45)59-53(46)47/h3-36,59H,1-2H3. The van der Waals surface area contributed by atoms with Gasteiger partial charge in [0.15, 0.2) is 0 Å². The molecule has 0 saturated carbocycles. The number of anilines is 3. The minimum atomic E-state index is -0.199. The molecular formula is C57H41N5. The summed E-state index contributed by atoms with van der Waals surface area (Å²) in [4.78, 5) is 16.9. The number of aromatic amines is 1. The zero-order chi connectivity index (χ0) is 41.4. The van der Waals surface area contributed by atoms with Gasteiger partial charge in [0.1, 0.15) is 11.6 Å². The van der Waals surface area contributed by atoms with Crippen molar-refractivity contribution in [1.82, 2.24) is 19.5 Å². The van der Waals surface area contributed by atoms with E-state index >= 15 is 0 Å². The Morgan fingerprint density at radius 3 is 1.98 bits per heavy atom. The molecule has 0 bridgehead atoms. The van der Waals surface area contributed by atoms with E-state index in [1.54, 1.807) is 0 Å². The van der Waals surface area contributed by atoms with Gasteiger partial charge in [0.25, 0.3) is 0 Å². The maximum Gasteiger partial charge on any atom is 0.147 e. The Hall–Kier alpha value is -8.02. The van der Waals surface area contributed by atoms with E-state index < -0.39 is 0 Å². The quantitative estimate of drug-likeness (QED) is 0.182. The molecule has 1 N–H and O–H groups in total. The van der Waals surface area contributed by atoms with Gasteiger partial charge in [0.05, 0.1) is 22.2 Å². The lowest BCUT2D eigenvalue weighted by Gasteiger charge is -2.41. The summed E-state index contributed by atoms with van der Waals surface area (Å²) in [5.74, 6) is 1.82. The Morgan fingerprint density at radius 1 is 0.484 bits per heavy atom. The van der Waals surface area contributed by atoms with Gasteiger partial charge in [-0.25, -0.2) is 9.97 Å².